The van der Waals surface area contributed by atoms with Gasteiger partial charge >= 0.3 is 0 Å². The average molecular weight is 393 g/mol. The lowest BCUT2D eigenvalue weighted by atomic mass is 9.91. The molecule has 1 aromatic rings. The van der Waals surface area contributed by atoms with Crippen molar-refractivity contribution < 1.29 is 18.0 Å². The Labute approximate surface area is 161 Å². The van der Waals surface area contributed by atoms with Crippen LogP contribution in [0, 0.1) is 5.92 Å². The number of rotatable bonds is 9. The molecule has 0 atom stereocenters. The normalized spacial score (nSPS) is 14.7. The Morgan fingerprint density at radius 1 is 0.963 bits per heavy atom. The second kappa shape index (κ2) is 8.80. The number of nitrogens with zero attached hydrogens (tertiary/aromatic N) is 1. The summed E-state index contributed by atoms with van der Waals surface area (Å²) < 4.78 is 28.5. The number of carbonyl (C=O) groups excluding carboxylic acids is 2. The van der Waals surface area contributed by atoms with Gasteiger partial charge in [0.15, 0.2) is 4.91 Å². The van der Waals surface area contributed by atoms with Crippen LogP contribution in [0.4, 0.5) is 0 Å². The summed E-state index contributed by atoms with van der Waals surface area (Å²) in [6.07, 6.45) is 1.47. The lowest BCUT2D eigenvalue weighted by Gasteiger charge is -2.31. The number of fused-ring (bicyclic) bond motifs is 1. The Kier molecular flexibility index (Phi) is 6.95. The Balaban J connectivity index is 2.69. The van der Waals surface area contributed by atoms with Crippen molar-refractivity contribution in [2.45, 2.75) is 40.5 Å². The molecule has 6 nitrogen and oxygen atoms in total. The summed E-state index contributed by atoms with van der Waals surface area (Å²) in [6.45, 7) is 8.88. The molecule has 0 bridgehead atoms. The maximum atomic E-state index is 13.2. The fourth-order valence-electron chi connectivity index (χ4n) is 3.10. The summed E-state index contributed by atoms with van der Waals surface area (Å²) >= 11 is 0. The zero-order chi connectivity index (χ0) is 20.2. The lowest BCUT2D eigenvalue weighted by Crippen LogP contribution is -2.41. The Bertz CT molecular complexity index is 850. The minimum absolute atomic E-state index is 0.00124. The van der Waals surface area contributed by atoms with Crippen molar-refractivity contribution in [1.29, 1.82) is 0 Å². The molecule has 148 valence electrons. The van der Waals surface area contributed by atoms with E-state index < -0.39 is 26.5 Å². The van der Waals surface area contributed by atoms with Gasteiger partial charge in [-0.3, -0.25) is 9.59 Å². The first-order chi connectivity index (χ1) is 12.7. The van der Waals surface area contributed by atoms with E-state index in [2.05, 4.69) is 4.72 Å². The number of Topliss-reactive ketones (excluding diaryl/α,β-unsaturated/α-hetero) is 2. The number of sulfonamides is 1. The van der Waals surface area contributed by atoms with Crippen molar-refractivity contribution >= 4 is 21.6 Å². The first-order valence-electron chi connectivity index (χ1n) is 9.41. The van der Waals surface area contributed by atoms with Crippen LogP contribution in [0.3, 0.4) is 0 Å². The van der Waals surface area contributed by atoms with Gasteiger partial charge < -0.3 is 4.90 Å². The van der Waals surface area contributed by atoms with E-state index in [1.54, 1.807) is 23.1 Å². The first-order valence-corrected chi connectivity index (χ1v) is 10.9. The van der Waals surface area contributed by atoms with Crippen LogP contribution in [0.1, 0.15) is 61.3 Å². The molecule has 1 aliphatic rings. The third kappa shape index (κ3) is 4.47. The molecule has 7 heteroatoms. The van der Waals surface area contributed by atoms with E-state index in [4.69, 9.17) is 0 Å². The number of hydrogen-bond donors (Lipinski definition) is 1. The van der Waals surface area contributed by atoms with Gasteiger partial charge in [-0.2, -0.15) is 0 Å². The van der Waals surface area contributed by atoms with E-state index in [0.29, 0.717) is 13.1 Å². The van der Waals surface area contributed by atoms with Gasteiger partial charge in [-0.25, -0.2) is 13.1 Å². The Hall–Kier alpha value is -1.99. The van der Waals surface area contributed by atoms with Crippen molar-refractivity contribution in [3.05, 3.63) is 46.0 Å². The summed E-state index contributed by atoms with van der Waals surface area (Å²) in [5.74, 6) is -0.946. The molecule has 0 unspecified atom stereocenters. The molecule has 2 rings (SSSR count). The molecule has 1 aromatic carbocycles. The molecule has 27 heavy (non-hydrogen) atoms. The molecular weight excluding hydrogens is 364 g/mol. The third-order valence-electron chi connectivity index (χ3n) is 4.31. The molecule has 1 aliphatic carbocycles. The number of nitrogens with one attached hydrogen (secondary N) is 1. The largest absolute Gasteiger partial charge is 0.367 e. The molecule has 1 N–H and O–H groups in total. The second-order valence-electron chi connectivity index (χ2n) is 7.11. The molecule has 0 amide bonds. The van der Waals surface area contributed by atoms with Crippen LogP contribution >= 0.6 is 0 Å². The molecule has 0 saturated heterocycles. The summed E-state index contributed by atoms with van der Waals surface area (Å²) in [6, 6.07) is 6.41. The van der Waals surface area contributed by atoms with Gasteiger partial charge in [-0.1, -0.05) is 52.0 Å². The van der Waals surface area contributed by atoms with E-state index in [9.17, 15) is 18.0 Å². The van der Waals surface area contributed by atoms with Crippen LogP contribution in [-0.2, 0) is 10.0 Å². The second-order valence-corrected chi connectivity index (χ2v) is 8.82. The molecule has 0 saturated carbocycles. The standard InChI is InChI=1S/C20H28N2O4S/c1-5-11-22(12-6-2)17-18(23)15-9-7-8-10-16(15)19(24)20(17)27(25,26)21-13-14(3)4/h7-10,14,21H,5-6,11-13H2,1-4H3. The van der Waals surface area contributed by atoms with Gasteiger partial charge in [-0.05, 0) is 18.8 Å². The molecule has 0 fully saturated rings. The number of allylic oxidation sites excluding steroid dienone is 2. The minimum Gasteiger partial charge on any atom is -0.367 e. The lowest BCUT2D eigenvalue weighted by molar-refractivity contribution is 0.0946. The van der Waals surface area contributed by atoms with E-state index >= 15 is 0 Å². The average Bonchev–Trinajstić information content (AvgIpc) is 2.62. The highest BCUT2D eigenvalue weighted by atomic mass is 32.2. The summed E-state index contributed by atoms with van der Waals surface area (Å²) in [5.41, 5.74) is 0.403. The van der Waals surface area contributed by atoms with Crippen LogP contribution in [0.15, 0.2) is 34.9 Å². The highest BCUT2D eigenvalue weighted by molar-refractivity contribution is 7.94. The molecular formula is C20H28N2O4S. The van der Waals surface area contributed by atoms with Crippen molar-refractivity contribution in [1.82, 2.24) is 9.62 Å². The van der Waals surface area contributed by atoms with Gasteiger partial charge in [0.25, 0.3) is 0 Å². The molecule has 0 heterocycles. The van der Waals surface area contributed by atoms with Crippen LogP contribution in [0.5, 0.6) is 0 Å². The molecule has 0 spiro atoms. The van der Waals surface area contributed by atoms with Crippen LogP contribution in [0.25, 0.3) is 0 Å². The quantitative estimate of drug-likeness (QED) is 0.698. The number of hydrogen-bond acceptors (Lipinski definition) is 5. The Morgan fingerprint density at radius 3 is 1.96 bits per heavy atom. The first kappa shape index (κ1) is 21.3. The van der Waals surface area contributed by atoms with E-state index in [0.717, 1.165) is 12.8 Å². The van der Waals surface area contributed by atoms with Crippen molar-refractivity contribution in [2.75, 3.05) is 19.6 Å². The number of carbonyl (C=O) groups is 2. The summed E-state index contributed by atoms with van der Waals surface area (Å²) in [7, 11) is -4.12. The summed E-state index contributed by atoms with van der Waals surface area (Å²) in [5, 5.41) is 0. The molecule has 0 aliphatic heterocycles. The highest BCUT2D eigenvalue weighted by Gasteiger charge is 2.40. The van der Waals surface area contributed by atoms with Crippen molar-refractivity contribution in [3.8, 4) is 0 Å². The number of ketones is 2. The molecule has 0 aromatic heterocycles. The summed E-state index contributed by atoms with van der Waals surface area (Å²) in [4.78, 5) is 27.6. The number of benzene rings is 1. The van der Waals surface area contributed by atoms with Gasteiger partial charge in [0.2, 0.25) is 21.6 Å². The maximum absolute atomic E-state index is 13.2. The third-order valence-corrected chi connectivity index (χ3v) is 5.77. The van der Waals surface area contributed by atoms with Gasteiger partial charge in [0.05, 0.1) is 0 Å². The minimum atomic E-state index is -4.12. The zero-order valence-electron chi connectivity index (χ0n) is 16.4. The van der Waals surface area contributed by atoms with Crippen molar-refractivity contribution in [3.63, 3.8) is 0 Å². The van der Waals surface area contributed by atoms with E-state index in [1.165, 1.54) is 6.07 Å². The fourth-order valence-corrected chi connectivity index (χ4v) is 4.63. The van der Waals surface area contributed by atoms with E-state index in [1.807, 2.05) is 27.7 Å². The van der Waals surface area contributed by atoms with E-state index in [-0.39, 0.29) is 29.3 Å². The molecule has 0 radical (unpaired) electrons. The van der Waals surface area contributed by atoms with Crippen LogP contribution in [-0.4, -0.2) is 44.5 Å². The Morgan fingerprint density at radius 2 is 1.48 bits per heavy atom. The van der Waals surface area contributed by atoms with Crippen molar-refractivity contribution in [2.24, 2.45) is 5.92 Å². The van der Waals surface area contributed by atoms with Gasteiger partial charge in [-0.15, -0.1) is 0 Å². The van der Waals surface area contributed by atoms with Crippen LogP contribution in [0.2, 0.25) is 0 Å². The monoisotopic (exact) mass is 392 g/mol. The predicted octanol–water partition coefficient (Wildman–Crippen LogP) is 2.97. The van der Waals surface area contributed by atoms with Gasteiger partial charge in [0, 0.05) is 30.8 Å². The highest BCUT2D eigenvalue weighted by Crippen LogP contribution is 2.31. The predicted molar refractivity (Wildman–Crippen MR) is 106 cm³/mol. The maximum Gasteiger partial charge on any atom is 0.246 e. The van der Waals surface area contributed by atoms with Gasteiger partial charge in [0.1, 0.15) is 5.70 Å². The smallest absolute Gasteiger partial charge is 0.246 e. The van der Waals surface area contributed by atoms with Crippen LogP contribution < -0.4 is 4.72 Å². The SMILES string of the molecule is CCCN(CCC)C1=C(S(=O)(=O)NCC(C)C)C(=O)c2ccccc2C1=O. The topological polar surface area (TPSA) is 83.6 Å². The fraction of sp³-hybridized carbons (Fsp3) is 0.500. The zero-order valence-corrected chi connectivity index (χ0v) is 17.2.